The highest BCUT2D eigenvalue weighted by Gasteiger charge is 2.16. The summed E-state index contributed by atoms with van der Waals surface area (Å²) >= 11 is 6.43. The summed E-state index contributed by atoms with van der Waals surface area (Å²) in [7, 11) is 0. The first-order chi connectivity index (χ1) is 19.1. The van der Waals surface area contributed by atoms with Crippen LogP contribution in [0.25, 0.3) is 10.9 Å². The van der Waals surface area contributed by atoms with Gasteiger partial charge in [-0.05, 0) is 74.9 Å². The van der Waals surface area contributed by atoms with Crippen LogP contribution in [0.4, 0.5) is 26.4 Å². The van der Waals surface area contributed by atoms with Gasteiger partial charge >= 0.3 is 6.09 Å². The minimum absolute atomic E-state index is 0.0693. The van der Waals surface area contributed by atoms with Gasteiger partial charge in [-0.2, -0.15) is 0 Å². The SMILES string of the molecule is CC(C)(C)OC(=O)NCCC(=O)Nc1ccc2ncnc(Nc3ccc(OCc4cccc(F)c4)c(Cl)c3)c2c1. The average Bonchev–Trinajstić information content (AvgIpc) is 2.87. The fraction of sp³-hybridized carbons (Fsp3) is 0.241. The van der Waals surface area contributed by atoms with E-state index in [1.807, 2.05) is 0 Å². The number of hydrogen-bond donors (Lipinski definition) is 3. The van der Waals surface area contributed by atoms with Crippen LogP contribution in [0.1, 0.15) is 32.8 Å². The second kappa shape index (κ2) is 12.6. The summed E-state index contributed by atoms with van der Waals surface area (Å²) in [5, 5.41) is 9.65. The third-order valence-electron chi connectivity index (χ3n) is 5.42. The number of carbonyl (C=O) groups is 2. The quantitative estimate of drug-likeness (QED) is 0.209. The molecule has 0 fully saturated rings. The monoisotopic (exact) mass is 565 g/mol. The summed E-state index contributed by atoms with van der Waals surface area (Å²) in [6, 6.07) is 16.6. The molecular weight excluding hydrogens is 537 g/mol. The van der Waals surface area contributed by atoms with Gasteiger partial charge in [-0.25, -0.2) is 19.2 Å². The zero-order valence-corrected chi connectivity index (χ0v) is 23.0. The summed E-state index contributed by atoms with van der Waals surface area (Å²) in [4.78, 5) is 32.8. The molecule has 0 aliphatic carbocycles. The smallest absolute Gasteiger partial charge is 0.407 e. The highest BCUT2D eigenvalue weighted by atomic mass is 35.5. The number of benzene rings is 3. The number of fused-ring (bicyclic) bond motifs is 1. The molecule has 3 N–H and O–H groups in total. The lowest BCUT2D eigenvalue weighted by Crippen LogP contribution is -2.34. The lowest BCUT2D eigenvalue weighted by Gasteiger charge is -2.19. The molecule has 40 heavy (non-hydrogen) atoms. The second-order valence-electron chi connectivity index (χ2n) is 9.87. The fourth-order valence-corrected chi connectivity index (χ4v) is 3.91. The second-order valence-corrected chi connectivity index (χ2v) is 10.3. The third kappa shape index (κ3) is 8.28. The summed E-state index contributed by atoms with van der Waals surface area (Å²) in [5.41, 5.74) is 1.95. The van der Waals surface area contributed by atoms with E-state index in [2.05, 4.69) is 25.9 Å². The molecule has 0 saturated heterocycles. The highest BCUT2D eigenvalue weighted by Crippen LogP contribution is 2.31. The largest absolute Gasteiger partial charge is 0.487 e. The van der Waals surface area contributed by atoms with E-state index in [9.17, 15) is 14.0 Å². The molecule has 9 nitrogen and oxygen atoms in total. The van der Waals surface area contributed by atoms with Gasteiger partial charge in [0.25, 0.3) is 0 Å². The molecule has 0 aliphatic heterocycles. The highest BCUT2D eigenvalue weighted by molar-refractivity contribution is 6.32. The molecule has 3 aromatic carbocycles. The van der Waals surface area contributed by atoms with E-state index in [4.69, 9.17) is 21.1 Å². The predicted molar refractivity (Wildman–Crippen MR) is 152 cm³/mol. The van der Waals surface area contributed by atoms with Crippen LogP contribution in [0.5, 0.6) is 5.75 Å². The summed E-state index contributed by atoms with van der Waals surface area (Å²) in [5.74, 6) is 0.358. The fourth-order valence-electron chi connectivity index (χ4n) is 3.67. The Kier molecular flexibility index (Phi) is 9.00. The Labute approximate surface area is 236 Å². The molecule has 0 saturated carbocycles. The molecule has 0 aliphatic rings. The number of carbonyl (C=O) groups excluding carboxylic acids is 2. The van der Waals surface area contributed by atoms with E-state index in [0.717, 1.165) is 0 Å². The van der Waals surface area contributed by atoms with Crippen molar-refractivity contribution >= 4 is 51.7 Å². The number of amides is 2. The van der Waals surface area contributed by atoms with Crippen molar-refractivity contribution < 1.29 is 23.5 Å². The Bertz CT molecular complexity index is 1530. The molecule has 0 unspecified atom stereocenters. The third-order valence-corrected chi connectivity index (χ3v) is 5.71. The lowest BCUT2D eigenvalue weighted by atomic mass is 10.2. The molecule has 1 aromatic heterocycles. The maximum atomic E-state index is 13.4. The molecule has 1 heterocycles. The Morgan fingerprint density at radius 3 is 2.55 bits per heavy atom. The number of hydrogen-bond acceptors (Lipinski definition) is 7. The molecule has 0 bridgehead atoms. The minimum Gasteiger partial charge on any atom is -0.487 e. The average molecular weight is 566 g/mol. The molecule has 0 spiro atoms. The van der Waals surface area contributed by atoms with Crippen molar-refractivity contribution in [3.63, 3.8) is 0 Å². The van der Waals surface area contributed by atoms with Gasteiger partial charge in [0.05, 0.1) is 10.5 Å². The molecule has 2 amide bonds. The lowest BCUT2D eigenvalue weighted by molar-refractivity contribution is -0.116. The first-order valence-corrected chi connectivity index (χ1v) is 12.9. The molecule has 208 valence electrons. The first-order valence-electron chi connectivity index (χ1n) is 12.5. The van der Waals surface area contributed by atoms with Crippen LogP contribution in [0.2, 0.25) is 5.02 Å². The van der Waals surface area contributed by atoms with Gasteiger partial charge in [0.2, 0.25) is 5.91 Å². The number of halogens is 2. The Morgan fingerprint density at radius 1 is 1.00 bits per heavy atom. The van der Waals surface area contributed by atoms with Crippen molar-refractivity contribution in [2.45, 2.75) is 39.4 Å². The van der Waals surface area contributed by atoms with Gasteiger partial charge in [0.15, 0.2) is 0 Å². The van der Waals surface area contributed by atoms with Crippen LogP contribution < -0.4 is 20.7 Å². The van der Waals surface area contributed by atoms with E-state index in [-0.39, 0.29) is 31.3 Å². The van der Waals surface area contributed by atoms with E-state index >= 15 is 0 Å². The van der Waals surface area contributed by atoms with Crippen LogP contribution in [-0.4, -0.2) is 34.1 Å². The van der Waals surface area contributed by atoms with Gasteiger partial charge in [-0.3, -0.25) is 4.79 Å². The van der Waals surface area contributed by atoms with E-state index in [0.29, 0.717) is 44.4 Å². The first kappa shape index (κ1) is 28.6. The topological polar surface area (TPSA) is 114 Å². The molecular formula is C29H29ClFN5O4. The van der Waals surface area contributed by atoms with Gasteiger partial charge in [-0.15, -0.1) is 0 Å². The normalized spacial score (nSPS) is 11.1. The van der Waals surface area contributed by atoms with Crippen molar-refractivity contribution in [3.8, 4) is 5.75 Å². The number of anilines is 3. The Morgan fingerprint density at radius 2 is 1.80 bits per heavy atom. The number of ether oxygens (including phenoxy) is 2. The van der Waals surface area contributed by atoms with E-state index < -0.39 is 11.7 Å². The number of nitrogens with zero attached hydrogens (tertiary/aromatic N) is 2. The van der Waals surface area contributed by atoms with Gasteiger partial charge in [0.1, 0.15) is 35.9 Å². The van der Waals surface area contributed by atoms with Crippen molar-refractivity contribution in [2.75, 3.05) is 17.2 Å². The van der Waals surface area contributed by atoms with Gasteiger partial charge in [-0.1, -0.05) is 23.7 Å². The molecule has 0 radical (unpaired) electrons. The number of rotatable bonds is 9. The summed E-state index contributed by atoms with van der Waals surface area (Å²) in [6.45, 7) is 5.60. The molecule has 4 aromatic rings. The van der Waals surface area contributed by atoms with Crippen LogP contribution in [0.3, 0.4) is 0 Å². The molecule has 4 rings (SSSR count). The van der Waals surface area contributed by atoms with E-state index in [1.54, 1.807) is 69.3 Å². The van der Waals surface area contributed by atoms with Gasteiger partial charge < -0.3 is 25.4 Å². The predicted octanol–water partition coefficient (Wildman–Crippen LogP) is 6.60. The Hall–Kier alpha value is -4.44. The van der Waals surface area contributed by atoms with Crippen LogP contribution in [0, 0.1) is 5.82 Å². The zero-order chi connectivity index (χ0) is 28.7. The van der Waals surface area contributed by atoms with Crippen molar-refractivity contribution in [2.24, 2.45) is 0 Å². The van der Waals surface area contributed by atoms with Crippen molar-refractivity contribution in [1.82, 2.24) is 15.3 Å². The Balaban J connectivity index is 1.39. The number of aromatic nitrogens is 2. The summed E-state index contributed by atoms with van der Waals surface area (Å²) < 4.78 is 24.3. The molecule has 0 atom stereocenters. The van der Waals surface area contributed by atoms with Gasteiger partial charge in [0, 0.05) is 29.7 Å². The maximum Gasteiger partial charge on any atom is 0.407 e. The molecule has 11 heteroatoms. The van der Waals surface area contributed by atoms with Crippen molar-refractivity contribution in [3.05, 3.63) is 83.4 Å². The number of alkyl carbamates (subject to hydrolysis) is 1. The minimum atomic E-state index is -0.614. The van der Waals surface area contributed by atoms with Crippen LogP contribution in [0.15, 0.2) is 67.0 Å². The number of nitrogens with one attached hydrogen (secondary N) is 3. The maximum absolute atomic E-state index is 13.4. The van der Waals surface area contributed by atoms with Crippen LogP contribution >= 0.6 is 11.6 Å². The van der Waals surface area contributed by atoms with E-state index in [1.165, 1.54) is 18.5 Å². The van der Waals surface area contributed by atoms with Crippen molar-refractivity contribution in [1.29, 1.82) is 0 Å². The summed E-state index contributed by atoms with van der Waals surface area (Å²) in [6.07, 6.45) is 0.925. The zero-order valence-electron chi connectivity index (χ0n) is 22.3. The van der Waals surface area contributed by atoms with Crippen LogP contribution in [-0.2, 0) is 16.1 Å². The standard InChI is InChI=1S/C29H29ClFN5O4/c1-29(2,3)40-28(38)32-12-11-26(37)35-20-7-9-24-22(14-20)27(34-17-33-24)36-21-8-10-25(23(30)15-21)39-16-18-5-4-6-19(31)13-18/h4-10,13-15,17H,11-12,16H2,1-3H3,(H,32,38)(H,35,37)(H,33,34,36).